The minimum atomic E-state index is -3.03. The van der Waals surface area contributed by atoms with Crippen LogP contribution in [0.4, 0.5) is 0 Å². The Morgan fingerprint density at radius 2 is 2.14 bits per heavy atom. The molecule has 4 rings (SSSR count). The number of likely N-dealkylation sites (tertiary alicyclic amines) is 1. The second kappa shape index (κ2) is 7.53. The molecule has 0 aliphatic carbocycles. The predicted molar refractivity (Wildman–Crippen MR) is 99.6 cm³/mol. The van der Waals surface area contributed by atoms with Gasteiger partial charge in [0.2, 0.25) is 5.91 Å². The van der Waals surface area contributed by atoms with Gasteiger partial charge in [0.1, 0.15) is 11.9 Å². The van der Waals surface area contributed by atoms with E-state index in [4.69, 9.17) is 9.39 Å². The SMILES string of the molecule is O=C(C[C@H]1CCCN1)N1CC(Oc2ccc3c(c2C(O)O)O[B-](O)(O)CC3)C1. The van der Waals surface area contributed by atoms with E-state index >= 15 is 0 Å². The molecule has 0 spiro atoms. The van der Waals surface area contributed by atoms with Gasteiger partial charge in [-0.25, -0.2) is 0 Å². The molecule has 0 saturated carbocycles. The maximum absolute atomic E-state index is 12.3. The standard InChI is InChI=1S/C18H26BN2O7/c22-15(8-12-2-1-7-20-12)21-9-13(10-21)27-14-4-3-11-5-6-19(25,26)28-17(11)16(14)18(23)24/h3-4,12-13,18,20,23-26H,1-2,5-10H2/q-1/t12-/m1/s1. The summed E-state index contributed by atoms with van der Waals surface area (Å²) in [6.07, 6.45) is 0.842. The number of nitrogens with zero attached hydrogens (tertiary/aromatic N) is 1. The fourth-order valence-corrected chi connectivity index (χ4v) is 4.07. The highest BCUT2D eigenvalue weighted by molar-refractivity contribution is 6.58. The number of aryl methyl sites for hydroxylation is 1. The first-order valence-corrected chi connectivity index (χ1v) is 9.81. The van der Waals surface area contributed by atoms with E-state index in [9.17, 15) is 25.1 Å². The number of carbonyl (C=O) groups excluding carboxylic acids is 1. The highest BCUT2D eigenvalue weighted by atomic mass is 16.6. The van der Waals surface area contributed by atoms with E-state index in [-0.39, 0.29) is 41.4 Å². The number of fused-ring (bicyclic) bond motifs is 1. The minimum absolute atomic E-state index is 0.0218. The molecule has 10 heteroatoms. The van der Waals surface area contributed by atoms with Crippen LogP contribution in [0.15, 0.2) is 12.1 Å². The molecule has 3 heterocycles. The Hall–Kier alpha value is -1.85. The second-order valence-electron chi connectivity index (χ2n) is 7.89. The van der Waals surface area contributed by atoms with E-state index in [1.807, 2.05) is 0 Å². The number of carbonyl (C=O) groups is 1. The lowest BCUT2D eigenvalue weighted by molar-refractivity contribution is -0.140. The first-order valence-electron chi connectivity index (χ1n) is 9.81. The third kappa shape index (κ3) is 3.96. The third-order valence-corrected chi connectivity index (χ3v) is 5.67. The van der Waals surface area contributed by atoms with Crippen molar-refractivity contribution in [3.05, 3.63) is 23.3 Å². The van der Waals surface area contributed by atoms with Crippen LogP contribution in [0.3, 0.4) is 0 Å². The molecule has 28 heavy (non-hydrogen) atoms. The lowest BCUT2D eigenvalue weighted by atomic mass is 9.70. The van der Waals surface area contributed by atoms with E-state index in [0.717, 1.165) is 19.4 Å². The number of aliphatic hydroxyl groups is 2. The van der Waals surface area contributed by atoms with Crippen LogP contribution >= 0.6 is 0 Å². The number of hydrogen-bond acceptors (Lipinski definition) is 8. The molecule has 2 fully saturated rings. The first kappa shape index (κ1) is 19.5. The van der Waals surface area contributed by atoms with Gasteiger partial charge in [0.05, 0.1) is 24.4 Å². The maximum Gasteiger partial charge on any atom is 0.430 e. The van der Waals surface area contributed by atoms with Gasteiger partial charge in [-0.3, -0.25) is 4.79 Å². The zero-order valence-electron chi connectivity index (χ0n) is 15.6. The number of aliphatic hydroxyl groups excluding tert-OH is 1. The molecule has 1 atom stereocenters. The Morgan fingerprint density at radius 3 is 2.82 bits per heavy atom. The van der Waals surface area contributed by atoms with Crippen molar-refractivity contribution in [1.29, 1.82) is 0 Å². The molecule has 0 unspecified atom stereocenters. The van der Waals surface area contributed by atoms with Gasteiger partial charge in [-0.05, 0) is 37.4 Å². The molecule has 1 aromatic carbocycles. The zero-order chi connectivity index (χ0) is 19.9. The van der Waals surface area contributed by atoms with E-state index < -0.39 is 13.0 Å². The van der Waals surface area contributed by atoms with E-state index in [1.165, 1.54) is 0 Å². The number of benzene rings is 1. The fraction of sp³-hybridized carbons (Fsp3) is 0.611. The second-order valence-corrected chi connectivity index (χ2v) is 7.89. The van der Waals surface area contributed by atoms with Crippen molar-refractivity contribution < 1.29 is 34.4 Å². The lowest BCUT2D eigenvalue weighted by Gasteiger charge is -2.41. The summed E-state index contributed by atoms with van der Waals surface area (Å²) in [6, 6.07) is 3.59. The Balaban J connectivity index is 1.41. The quantitative estimate of drug-likeness (QED) is 0.327. The van der Waals surface area contributed by atoms with Crippen LogP contribution in [-0.4, -0.2) is 69.6 Å². The molecule has 3 aliphatic rings. The van der Waals surface area contributed by atoms with Gasteiger partial charge in [0.25, 0.3) is 0 Å². The van der Waals surface area contributed by atoms with Gasteiger partial charge in [0, 0.05) is 12.5 Å². The van der Waals surface area contributed by atoms with Crippen molar-refractivity contribution >= 4 is 12.7 Å². The van der Waals surface area contributed by atoms with Crippen molar-refractivity contribution in [3.8, 4) is 11.5 Å². The number of rotatable bonds is 5. The van der Waals surface area contributed by atoms with Crippen molar-refractivity contribution in [3.63, 3.8) is 0 Å². The number of amides is 1. The van der Waals surface area contributed by atoms with Crippen LogP contribution in [0, 0.1) is 0 Å². The molecule has 2 saturated heterocycles. The van der Waals surface area contributed by atoms with Crippen LogP contribution in [0.25, 0.3) is 0 Å². The molecule has 9 nitrogen and oxygen atoms in total. The average molecular weight is 393 g/mol. The fourth-order valence-electron chi connectivity index (χ4n) is 4.07. The highest BCUT2D eigenvalue weighted by Gasteiger charge is 2.36. The predicted octanol–water partition coefficient (Wildman–Crippen LogP) is -0.740. The van der Waals surface area contributed by atoms with E-state index in [2.05, 4.69) is 5.32 Å². The van der Waals surface area contributed by atoms with Gasteiger partial charge < -0.3 is 39.9 Å². The lowest BCUT2D eigenvalue weighted by Crippen LogP contribution is -2.57. The average Bonchev–Trinajstić information content (AvgIpc) is 3.08. The molecule has 1 aromatic rings. The Bertz CT molecular complexity index is 746. The topological polar surface area (TPSA) is 132 Å². The summed E-state index contributed by atoms with van der Waals surface area (Å²) >= 11 is 0. The summed E-state index contributed by atoms with van der Waals surface area (Å²) in [5.41, 5.74) is 0.636. The Kier molecular flexibility index (Phi) is 5.23. The summed E-state index contributed by atoms with van der Waals surface area (Å²) in [6.45, 7) is -1.22. The summed E-state index contributed by atoms with van der Waals surface area (Å²) in [7, 11) is 0. The molecular formula is C18H26BN2O7-. The van der Waals surface area contributed by atoms with Crippen molar-refractivity contribution in [1.82, 2.24) is 10.2 Å². The molecule has 0 radical (unpaired) electrons. The first-order chi connectivity index (χ1) is 13.3. The van der Waals surface area contributed by atoms with Crippen LogP contribution in [0.2, 0.25) is 6.32 Å². The molecule has 0 bridgehead atoms. The number of ether oxygens (including phenoxy) is 1. The van der Waals surface area contributed by atoms with Crippen LogP contribution < -0.4 is 14.7 Å². The molecular weight excluding hydrogens is 367 g/mol. The van der Waals surface area contributed by atoms with Gasteiger partial charge in [-0.15, -0.1) is 0 Å². The highest BCUT2D eigenvalue weighted by Crippen LogP contribution is 2.41. The summed E-state index contributed by atoms with van der Waals surface area (Å²) < 4.78 is 11.1. The summed E-state index contributed by atoms with van der Waals surface area (Å²) in [5, 5.41) is 42.5. The van der Waals surface area contributed by atoms with E-state index in [0.29, 0.717) is 31.5 Å². The molecule has 5 N–H and O–H groups in total. The molecule has 1 amide bonds. The Morgan fingerprint density at radius 1 is 1.36 bits per heavy atom. The number of hydrogen-bond donors (Lipinski definition) is 5. The monoisotopic (exact) mass is 393 g/mol. The minimum Gasteiger partial charge on any atom is -0.670 e. The Labute approximate surface area is 162 Å². The smallest absolute Gasteiger partial charge is 0.430 e. The van der Waals surface area contributed by atoms with Crippen molar-refractivity contribution in [2.24, 2.45) is 0 Å². The molecule has 0 aromatic heterocycles. The van der Waals surface area contributed by atoms with Crippen LogP contribution in [0.1, 0.15) is 36.7 Å². The number of nitrogens with one attached hydrogen (secondary N) is 1. The normalized spacial score (nSPS) is 23.9. The molecule has 154 valence electrons. The van der Waals surface area contributed by atoms with Gasteiger partial charge in [-0.1, -0.05) is 12.4 Å². The van der Waals surface area contributed by atoms with Gasteiger partial charge in [0.15, 0.2) is 6.29 Å². The molecule has 3 aliphatic heterocycles. The van der Waals surface area contributed by atoms with E-state index in [1.54, 1.807) is 17.0 Å². The van der Waals surface area contributed by atoms with Gasteiger partial charge >= 0.3 is 6.75 Å². The van der Waals surface area contributed by atoms with Crippen LogP contribution in [0.5, 0.6) is 11.5 Å². The zero-order valence-corrected chi connectivity index (χ0v) is 15.6. The van der Waals surface area contributed by atoms with Crippen LogP contribution in [-0.2, 0) is 11.2 Å². The summed E-state index contributed by atoms with van der Waals surface area (Å²) in [5.74, 6) is 0.337. The largest absolute Gasteiger partial charge is 0.670 e. The van der Waals surface area contributed by atoms with Crippen molar-refractivity contribution in [2.45, 2.75) is 50.4 Å². The summed E-state index contributed by atoms with van der Waals surface area (Å²) in [4.78, 5) is 14.0. The maximum atomic E-state index is 12.3. The van der Waals surface area contributed by atoms with Crippen molar-refractivity contribution in [2.75, 3.05) is 19.6 Å². The van der Waals surface area contributed by atoms with Gasteiger partial charge in [-0.2, -0.15) is 0 Å². The third-order valence-electron chi connectivity index (χ3n) is 5.67.